The molecule has 0 saturated heterocycles. The first-order valence-electron chi connectivity index (χ1n) is 5.97. The number of fused-ring (bicyclic) bond motifs is 1. The van der Waals surface area contributed by atoms with Gasteiger partial charge < -0.3 is 14.6 Å². The summed E-state index contributed by atoms with van der Waals surface area (Å²) in [5.74, 6) is 0.934. The van der Waals surface area contributed by atoms with Gasteiger partial charge in [0.1, 0.15) is 0 Å². The normalized spacial score (nSPS) is 10.9. The van der Waals surface area contributed by atoms with E-state index in [0.29, 0.717) is 0 Å². The average molecular weight is 233 g/mol. The highest BCUT2D eigenvalue weighted by molar-refractivity contribution is 5.78. The van der Waals surface area contributed by atoms with Gasteiger partial charge in [0, 0.05) is 27.3 Å². The number of aromatic nitrogens is 2. The van der Waals surface area contributed by atoms with Crippen molar-refractivity contribution in [3.63, 3.8) is 0 Å². The number of hydrogen-bond donors (Lipinski definition) is 1. The monoisotopic (exact) mass is 233 g/mol. The Morgan fingerprint density at radius 3 is 2.88 bits per heavy atom. The molecular weight excluding hydrogens is 214 g/mol. The minimum absolute atomic E-state index is 0.824. The first-order chi connectivity index (χ1) is 8.33. The molecule has 1 N–H and O–H groups in total. The van der Waals surface area contributed by atoms with Crippen molar-refractivity contribution in [2.24, 2.45) is 7.05 Å². The van der Waals surface area contributed by atoms with Crippen molar-refractivity contribution in [2.45, 2.75) is 12.8 Å². The molecule has 0 aliphatic carbocycles. The van der Waals surface area contributed by atoms with Gasteiger partial charge in [0.05, 0.1) is 11.0 Å². The van der Waals surface area contributed by atoms with E-state index in [1.807, 2.05) is 25.2 Å². The van der Waals surface area contributed by atoms with Gasteiger partial charge in [0.2, 0.25) is 5.95 Å². The Balaban J connectivity index is 1.97. The second kappa shape index (κ2) is 5.68. The fraction of sp³-hybridized carbons (Fsp3) is 0.462. The number of methoxy groups -OCH3 is 1. The summed E-state index contributed by atoms with van der Waals surface area (Å²) in [4.78, 5) is 4.55. The zero-order valence-corrected chi connectivity index (χ0v) is 10.4. The third-order valence-corrected chi connectivity index (χ3v) is 2.85. The van der Waals surface area contributed by atoms with Crippen LogP contribution in [-0.4, -0.2) is 29.8 Å². The molecule has 0 fully saturated rings. The van der Waals surface area contributed by atoms with Crippen molar-refractivity contribution >= 4 is 17.0 Å². The van der Waals surface area contributed by atoms with Crippen LogP contribution in [0.4, 0.5) is 5.95 Å². The van der Waals surface area contributed by atoms with E-state index in [1.165, 1.54) is 0 Å². The highest BCUT2D eigenvalue weighted by atomic mass is 16.5. The molecule has 4 heteroatoms. The highest BCUT2D eigenvalue weighted by Crippen LogP contribution is 2.17. The molecule has 17 heavy (non-hydrogen) atoms. The molecular formula is C13H19N3O. The lowest BCUT2D eigenvalue weighted by atomic mass is 10.3. The Bertz CT molecular complexity index is 478. The predicted molar refractivity (Wildman–Crippen MR) is 70.3 cm³/mol. The maximum absolute atomic E-state index is 5.02. The molecule has 1 aromatic heterocycles. The molecule has 0 radical (unpaired) electrons. The van der Waals surface area contributed by atoms with E-state index in [9.17, 15) is 0 Å². The van der Waals surface area contributed by atoms with Gasteiger partial charge in [-0.15, -0.1) is 0 Å². The fourth-order valence-corrected chi connectivity index (χ4v) is 1.88. The highest BCUT2D eigenvalue weighted by Gasteiger charge is 2.05. The first-order valence-corrected chi connectivity index (χ1v) is 5.97. The van der Waals surface area contributed by atoms with Gasteiger partial charge in [-0.3, -0.25) is 0 Å². The maximum atomic E-state index is 5.02. The van der Waals surface area contributed by atoms with Crippen LogP contribution in [0.25, 0.3) is 11.0 Å². The van der Waals surface area contributed by atoms with Crippen LogP contribution < -0.4 is 5.32 Å². The number of nitrogens with one attached hydrogen (secondary N) is 1. The van der Waals surface area contributed by atoms with Gasteiger partial charge in [-0.2, -0.15) is 0 Å². The van der Waals surface area contributed by atoms with E-state index >= 15 is 0 Å². The van der Waals surface area contributed by atoms with E-state index in [0.717, 1.165) is 43.0 Å². The summed E-state index contributed by atoms with van der Waals surface area (Å²) in [6, 6.07) is 8.16. The standard InChI is InChI=1S/C13H19N3O/c1-16-12-8-4-3-7-11(12)15-13(16)14-9-5-6-10-17-2/h3-4,7-8H,5-6,9-10H2,1-2H3,(H,14,15). The lowest BCUT2D eigenvalue weighted by Gasteiger charge is -2.05. The van der Waals surface area contributed by atoms with Crippen molar-refractivity contribution in [1.29, 1.82) is 0 Å². The second-order valence-electron chi connectivity index (χ2n) is 4.11. The molecule has 0 aliphatic rings. The van der Waals surface area contributed by atoms with Gasteiger partial charge in [-0.25, -0.2) is 4.98 Å². The Morgan fingerprint density at radius 2 is 2.12 bits per heavy atom. The van der Waals surface area contributed by atoms with Gasteiger partial charge in [0.15, 0.2) is 0 Å². The van der Waals surface area contributed by atoms with Crippen molar-refractivity contribution in [3.05, 3.63) is 24.3 Å². The molecule has 0 aliphatic heterocycles. The van der Waals surface area contributed by atoms with E-state index in [-0.39, 0.29) is 0 Å². The third-order valence-electron chi connectivity index (χ3n) is 2.85. The van der Waals surface area contributed by atoms with Crippen molar-refractivity contribution < 1.29 is 4.74 Å². The number of ether oxygens (including phenoxy) is 1. The van der Waals surface area contributed by atoms with Crippen LogP contribution in [0.5, 0.6) is 0 Å². The van der Waals surface area contributed by atoms with Crippen LogP contribution in [0.15, 0.2) is 24.3 Å². The number of benzene rings is 1. The van der Waals surface area contributed by atoms with Crippen molar-refractivity contribution in [3.8, 4) is 0 Å². The number of anilines is 1. The van der Waals surface area contributed by atoms with Crippen LogP contribution in [0.1, 0.15) is 12.8 Å². The zero-order chi connectivity index (χ0) is 12.1. The molecule has 4 nitrogen and oxygen atoms in total. The molecule has 0 saturated carbocycles. The molecule has 92 valence electrons. The van der Waals surface area contributed by atoms with Crippen molar-refractivity contribution in [2.75, 3.05) is 25.6 Å². The number of nitrogens with zero attached hydrogens (tertiary/aromatic N) is 2. The minimum Gasteiger partial charge on any atom is -0.385 e. The van der Waals surface area contributed by atoms with E-state index in [4.69, 9.17) is 4.74 Å². The van der Waals surface area contributed by atoms with E-state index < -0.39 is 0 Å². The maximum Gasteiger partial charge on any atom is 0.203 e. The van der Waals surface area contributed by atoms with Gasteiger partial charge in [0.25, 0.3) is 0 Å². The predicted octanol–water partition coefficient (Wildman–Crippen LogP) is 2.41. The molecule has 0 unspecified atom stereocenters. The Kier molecular flexibility index (Phi) is 3.98. The Hall–Kier alpha value is -1.55. The number of unbranched alkanes of at least 4 members (excludes halogenated alkanes) is 1. The molecule has 2 rings (SSSR count). The molecule has 1 heterocycles. The lowest BCUT2D eigenvalue weighted by molar-refractivity contribution is 0.193. The van der Waals surface area contributed by atoms with Gasteiger partial charge in [-0.1, -0.05) is 12.1 Å². The van der Waals surface area contributed by atoms with Crippen LogP contribution >= 0.6 is 0 Å². The van der Waals surface area contributed by atoms with Gasteiger partial charge >= 0.3 is 0 Å². The first kappa shape index (κ1) is 11.9. The summed E-state index contributed by atoms with van der Waals surface area (Å²) >= 11 is 0. The molecule has 2 aromatic rings. The van der Waals surface area contributed by atoms with Crippen molar-refractivity contribution in [1.82, 2.24) is 9.55 Å². The summed E-state index contributed by atoms with van der Waals surface area (Å²) in [5, 5.41) is 3.36. The SMILES string of the molecule is COCCCCNc1nc2ccccc2n1C. The number of imidazole rings is 1. The topological polar surface area (TPSA) is 39.1 Å². The third kappa shape index (κ3) is 2.77. The smallest absolute Gasteiger partial charge is 0.203 e. The van der Waals surface area contributed by atoms with Crippen LogP contribution in [0.3, 0.4) is 0 Å². The largest absolute Gasteiger partial charge is 0.385 e. The van der Waals surface area contributed by atoms with E-state index in [1.54, 1.807) is 7.11 Å². The lowest BCUT2D eigenvalue weighted by Crippen LogP contribution is -2.07. The molecule has 1 aromatic carbocycles. The summed E-state index contributed by atoms with van der Waals surface area (Å²) in [5.41, 5.74) is 2.20. The van der Waals surface area contributed by atoms with Gasteiger partial charge in [-0.05, 0) is 25.0 Å². The second-order valence-corrected chi connectivity index (χ2v) is 4.11. The van der Waals surface area contributed by atoms with Crippen LogP contribution in [-0.2, 0) is 11.8 Å². The molecule has 0 spiro atoms. The summed E-state index contributed by atoms with van der Waals surface area (Å²) in [7, 11) is 3.77. The minimum atomic E-state index is 0.824. The fourth-order valence-electron chi connectivity index (χ4n) is 1.88. The summed E-state index contributed by atoms with van der Waals surface area (Å²) < 4.78 is 7.11. The number of hydrogen-bond acceptors (Lipinski definition) is 3. The molecule has 0 amide bonds. The number of rotatable bonds is 6. The number of aryl methyl sites for hydroxylation is 1. The Labute approximate surface area is 102 Å². The zero-order valence-electron chi connectivity index (χ0n) is 10.4. The van der Waals surface area contributed by atoms with E-state index in [2.05, 4.69) is 20.9 Å². The summed E-state index contributed by atoms with van der Waals surface area (Å²) in [6.45, 7) is 1.75. The molecule has 0 atom stereocenters. The van der Waals surface area contributed by atoms with Crippen LogP contribution in [0.2, 0.25) is 0 Å². The quantitative estimate of drug-likeness (QED) is 0.779. The molecule has 0 bridgehead atoms. The average Bonchev–Trinajstić information content (AvgIpc) is 2.67. The summed E-state index contributed by atoms with van der Waals surface area (Å²) in [6.07, 6.45) is 2.17. The Morgan fingerprint density at radius 1 is 1.29 bits per heavy atom. The number of para-hydroxylation sites is 2. The van der Waals surface area contributed by atoms with Crippen LogP contribution in [0, 0.1) is 0 Å².